The van der Waals surface area contributed by atoms with Crippen LogP contribution in [-0.4, -0.2) is 20.2 Å². The smallest absolute Gasteiger partial charge is 0.259 e. The van der Waals surface area contributed by atoms with Crippen molar-refractivity contribution >= 4 is 27.2 Å². The molecule has 10 heteroatoms. The molecule has 1 aromatic heterocycles. The molecule has 1 unspecified atom stereocenters. The number of nitrogens with two attached hydrogens (primary N) is 1. The summed E-state index contributed by atoms with van der Waals surface area (Å²) in [6.45, 7) is 10.0. The Morgan fingerprint density at radius 2 is 1.90 bits per heavy atom. The molecule has 0 aliphatic rings. The zero-order valence-electron chi connectivity index (χ0n) is 17.8. The fourth-order valence-electron chi connectivity index (χ4n) is 3.06. The van der Waals surface area contributed by atoms with E-state index < -0.39 is 33.1 Å². The van der Waals surface area contributed by atoms with Gasteiger partial charge in [-0.3, -0.25) is 4.79 Å². The van der Waals surface area contributed by atoms with E-state index in [9.17, 15) is 22.9 Å². The molecule has 1 heterocycles. The van der Waals surface area contributed by atoms with E-state index in [0.29, 0.717) is 11.1 Å². The number of aromatic nitrogens is 1. The van der Waals surface area contributed by atoms with Crippen LogP contribution in [0.5, 0.6) is 0 Å². The van der Waals surface area contributed by atoms with Crippen LogP contribution in [0.1, 0.15) is 75.8 Å². The monoisotopic (exact) mass is 459 g/mol. The molecular weight excluding hydrogens is 432 g/mol. The van der Waals surface area contributed by atoms with E-state index in [2.05, 4.69) is 9.35 Å². The number of aliphatic hydroxyl groups is 1. The number of carbonyl (C=O) groups excluding carboxylic acids is 1. The van der Waals surface area contributed by atoms with Gasteiger partial charge in [-0.25, -0.2) is 23.1 Å². The number of amides is 1. The van der Waals surface area contributed by atoms with E-state index in [-0.39, 0.29) is 33.9 Å². The van der Waals surface area contributed by atoms with Gasteiger partial charge in [0.05, 0.1) is 12.1 Å². The minimum Gasteiger partial charge on any atom is -0.384 e. The molecular formula is C20H27F2N3O3S2. The Hall–Kier alpha value is -1.75. The summed E-state index contributed by atoms with van der Waals surface area (Å²) in [5, 5.41) is 17.3. The van der Waals surface area contributed by atoms with E-state index in [0.717, 1.165) is 17.4 Å². The first-order chi connectivity index (χ1) is 13.6. The first-order valence-corrected chi connectivity index (χ1v) is 11.9. The highest BCUT2D eigenvalue weighted by atomic mass is 32.2. The largest absolute Gasteiger partial charge is 0.384 e. The lowest BCUT2D eigenvalue weighted by Gasteiger charge is -2.20. The van der Waals surface area contributed by atoms with Crippen LogP contribution in [0.4, 0.5) is 8.78 Å². The summed E-state index contributed by atoms with van der Waals surface area (Å²) in [7, 11) is -3.65. The van der Waals surface area contributed by atoms with Crippen molar-refractivity contribution in [1.29, 1.82) is 0 Å². The van der Waals surface area contributed by atoms with Crippen molar-refractivity contribution in [1.82, 2.24) is 4.98 Å². The van der Waals surface area contributed by atoms with Gasteiger partial charge in [0.15, 0.2) is 21.5 Å². The maximum atomic E-state index is 14.5. The lowest BCUT2D eigenvalue weighted by atomic mass is 9.86. The SMILES string of the molecule is CC(C)c1cc(F)c(F)c(C(C)C)c1CC(=O)N=S(N)(=O)c1nc(C(C)(C)O)cs1. The molecule has 2 rings (SSSR count). The van der Waals surface area contributed by atoms with Crippen LogP contribution in [0.15, 0.2) is 20.1 Å². The summed E-state index contributed by atoms with van der Waals surface area (Å²) in [6, 6.07) is 1.09. The van der Waals surface area contributed by atoms with Gasteiger partial charge in [0, 0.05) is 5.38 Å². The summed E-state index contributed by atoms with van der Waals surface area (Å²) in [5.41, 5.74) is -0.0852. The molecule has 6 nitrogen and oxygen atoms in total. The summed E-state index contributed by atoms with van der Waals surface area (Å²) < 4.78 is 44.9. The molecule has 1 atom stereocenters. The van der Waals surface area contributed by atoms with Crippen LogP contribution < -0.4 is 5.14 Å². The summed E-state index contributed by atoms with van der Waals surface area (Å²) in [6.07, 6.45) is -0.365. The van der Waals surface area contributed by atoms with Crippen molar-refractivity contribution in [2.24, 2.45) is 9.50 Å². The van der Waals surface area contributed by atoms with Gasteiger partial charge >= 0.3 is 0 Å². The molecule has 0 saturated carbocycles. The highest BCUT2D eigenvalue weighted by molar-refractivity contribution is 7.93. The Labute approximate surface area is 179 Å². The van der Waals surface area contributed by atoms with Gasteiger partial charge < -0.3 is 5.11 Å². The Kier molecular flexibility index (Phi) is 7.17. The number of rotatable bonds is 6. The van der Waals surface area contributed by atoms with Crippen molar-refractivity contribution in [3.8, 4) is 0 Å². The average molecular weight is 460 g/mol. The number of carbonyl (C=O) groups is 1. The van der Waals surface area contributed by atoms with Crippen molar-refractivity contribution < 1.29 is 22.9 Å². The lowest BCUT2D eigenvalue weighted by Crippen LogP contribution is -2.19. The number of nitrogens with zero attached hydrogens (tertiary/aromatic N) is 2. The molecule has 166 valence electrons. The van der Waals surface area contributed by atoms with Crippen LogP contribution in [0.2, 0.25) is 0 Å². The average Bonchev–Trinajstić information content (AvgIpc) is 3.08. The van der Waals surface area contributed by atoms with Crippen LogP contribution >= 0.6 is 11.3 Å². The second kappa shape index (κ2) is 8.78. The highest BCUT2D eigenvalue weighted by Crippen LogP contribution is 2.32. The number of hydrogen-bond acceptors (Lipinski definition) is 5. The van der Waals surface area contributed by atoms with Gasteiger partial charge in [-0.15, -0.1) is 15.7 Å². The number of benzene rings is 1. The fraction of sp³-hybridized carbons (Fsp3) is 0.500. The van der Waals surface area contributed by atoms with E-state index >= 15 is 0 Å². The van der Waals surface area contributed by atoms with Crippen LogP contribution in [0, 0.1) is 11.6 Å². The maximum Gasteiger partial charge on any atom is 0.259 e. The summed E-state index contributed by atoms with van der Waals surface area (Å²) in [4.78, 5) is 16.7. The van der Waals surface area contributed by atoms with E-state index in [1.807, 2.05) is 13.8 Å². The van der Waals surface area contributed by atoms with Gasteiger partial charge in [-0.1, -0.05) is 27.7 Å². The first-order valence-electron chi connectivity index (χ1n) is 9.42. The highest BCUT2D eigenvalue weighted by Gasteiger charge is 2.26. The van der Waals surface area contributed by atoms with Gasteiger partial charge in [0.2, 0.25) is 4.34 Å². The molecule has 1 amide bonds. The lowest BCUT2D eigenvalue weighted by molar-refractivity contribution is -0.117. The molecule has 30 heavy (non-hydrogen) atoms. The van der Waals surface area contributed by atoms with Crippen molar-refractivity contribution in [3.05, 3.63) is 45.5 Å². The molecule has 0 bridgehead atoms. The second-order valence-electron chi connectivity index (χ2n) is 8.25. The van der Waals surface area contributed by atoms with Crippen LogP contribution in [-0.2, 0) is 26.7 Å². The molecule has 3 N–H and O–H groups in total. The fourth-order valence-corrected chi connectivity index (χ4v) is 5.25. The predicted molar refractivity (Wildman–Crippen MR) is 114 cm³/mol. The molecule has 0 radical (unpaired) electrons. The number of halogens is 2. The number of hydrogen-bond donors (Lipinski definition) is 2. The minimum absolute atomic E-state index is 0.0913. The second-order valence-corrected chi connectivity index (χ2v) is 11.1. The zero-order chi connectivity index (χ0) is 23.0. The van der Waals surface area contributed by atoms with Crippen molar-refractivity contribution in [2.45, 2.75) is 69.7 Å². The third-order valence-corrected chi connectivity index (χ3v) is 7.23. The number of thiazole rings is 1. The first kappa shape index (κ1) is 24.5. The summed E-state index contributed by atoms with van der Waals surface area (Å²) >= 11 is 0.925. The van der Waals surface area contributed by atoms with Gasteiger partial charge in [-0.05, 0) is 48.4 Å². The van der Waals surface area contributed by atoms with Crippen molar-refractivity contribution in [2.75, 3.05) is 0 Å². The van der Waals surface area contributed by atoms with Crippen molar-refractivity contribution in [3.63, 3.8) is 0 Å². The van der Waals surface area contributed by atoms with E-state index in [1.54, 1.807) is 13.8 Å². The Balaban J connectivity index is 2.50. The van der Waals surface area contributed by atoms with E-state index in [4.69, 9.17) is 5.14 Å². The zero-order valence-corrected chi connectivity index (χ0v) is 19.5. The molecule has 0 fully saturated rings. The van der Waals surface area contributed by atoms with Crippen LogP contribution in [0.25, 0.3) is 0 Å². The normalized spacial score (nSPS) is 14.3. The van der Waals surface area contributed by atoms with Gasteiger partial charge in [0.1, 0.15) is 5.60 Å². The Morgan fingerprint density at radius 3 is 2.37 bits per heavy atom. The topological polar surface area (TPSA) is 106 Å². The standard InChI is InChI=1S/C20H27F2N3O3S2/c1-10(2)12-7-14(21)18(22)17(11(3)4)13(12)8-16(26)25-30(23,28)19-24-15(9-29-19)20(5,6)27/h7,9-11,27H,8H2,1-6H3,(H2,23,25,26,28). The molecule has 0 aliphatic heterocycles. The maximum absolute atomic E-state index is 14.5. The third-order valence-electron chi connectivity index (χ3n) is 4.53. The van der Waals surface area contributed by atoms with Gasteiger partial charge in [-0.2, -0.15) is 0 Å². The predicted octanol–water partition coefficient (Wildman–Crippen LogP) is 4.37. The van der Waals surface area contributed by atoms with Gasteiger partial charge in [0.25, 0.3) is 5.91 Å². The van der Waals surface area contributed by atoms with Crippen LogP contribution in [0.3, 0.4) is 0 Å². The van der Waals surface area contributed by atoms with E-state index in [1.165, 1.54) is 19.2 Å². The third kappa shape index (κ3) is 5.29. The molecule has 0 spiro atoms. The molecule has 1 aromatic carbocycles. The minimum atomic E-state index is -3.65. The quantitative estimate of drug-likeness (QED) is 0.669. The summed E-state index contributed by atoms with van der Waals surface area (Å²) in [5.74, 6) is -3.34. The Morgan fingerprint density at radius 1 is 1.30 bits per heavy atom. The molecule has 0 saturated heterocycles. The Bertz CT molecular complexity index is 1080. The molecule has 2 aromatic rings. The molecule has 0 aliphatic carbocycles.